The quantitative estimate of drug-likeness (QED) is 0.495. The van der Waals surface area contributed by atoms with Gasteiger partial charge in [-0.15, -0.1) is 0 Å². The van der Waals surface area contributed by atoms with Gasteiger partial charge in [-0.3, -0.25) is 14.7 Å². The highest BCUT2D eigenvalue weighted by atomic mass is 16.2. The fourth-order valence-electron chi connectivity index (χ4n) is 3.03. The van der Waals surface area contributed by atoms with Crippen LogP contribution in [0.4, 0.5) is 17.2 Å². The van der Waals surface area contributed by atoms with Crippen LogP contribution in [0.2, 0.25) is 0 Å². The van der Waals surface area contributed by atoms with Gasteiger partial charge in [0, 0.05) is 23.0 Å². The lowest BCUT2D eigenvalue weighted by atomic mass is 10.1. The van der Waals surface area contributed by atoms with Gasteiger partial charge in [0.05, 0.1) is 0 Å². The predicted molar refractivity (Wildman–Crippen MR) is 114 cm³/mol. The normalized spacial score (nSPS) is 10.9. The topological polar surface area (TPSA) is 91.3 Å². The number of hydrogen-bond acceptors (Lipinski definition) is 4. The van der Waals surface area contributed by atoms with Crippen molar-refractivity contribution in [1.29, 1.82) is 0 Å². The third-order valence-electron chi connectivity index (χ3n) is 4.62. The minimum Gasteiger partial charge on any atom is -0.339 e. The maximum absolute atomic E-state index is 12.8. The van der Waals surface area contributed by atoms with Crippen molar-refractivity contribution in [2.24, 2.45) is 0 Å². The highest BCUT2D eigenvalue weighted by Gasteiger charge is 2.18. The lowest BCUT2D eigenvalue weighted by Gasteiger charge is -2.09. The second-order valence-corrected chi connectivity index (χ2v) is 7.07. The first kappa shape index (κ1) is 18.5. The summed E-state index contributed by atoms with van der Waals surface area (Å²) in [7, 11) is 0. The number of aryl methyl sites for hydroxylation is 3. The number of hydrogen-bond donors (Lipinski definition) is 3. The maximum atomic E-state index is 12.8. The number of nitrogens with one attached hydrogen (secondary N) is 3. The molecule has 7 heteroatoms. The number of benzene rings is 2. The molecule has 7 nitrogen and oxygen atoms in total. The Balaban J connectivity index is 1.78. The van der Waals surface area contributed by atoms with Gasteiger partial charge in [-0.2, -0.15) is 4.52 Å². The lowest BCUT2D eigenvalue weighted by molar-refractivity contribution is 0.102. The number of rotatable bonds is 4. The van der Waals surface area contributed by atoms with Crippen LogP contribution in [0.3, 0.4) is 0 Å². The Bertz CT molecular complexity index is 1250. The number of aromatic amines is 1. The molecule has 0 saturated heterocycles. The number of carbonyl (C=O) groups excluding carboxylic acids is 1. The number of carbonyl (C=O) groups is 1. The summed E-state index contributed by atoms with van der Waals surface area (Å²) in [6, 6.07) is 16.5. The molecule has 0 saturated carbocycles. The molecular formula is C22H21N5O2. The van der Waals surface area contributed by atoms with Crippen LogP contribution in [-0.2, 0) is 0 Å². The molecule has 0 unspecified atom stereocenters. The molecule has 3 N–H and O–H groups in total. The molecular weight excluding hydrogens is 366 g/mol. The highest BCUT2D eigenvalue weighted by Crippen LogP contribution is 2.28. The van der Waals surface area contributed by atoms with E-state index in [1.807, 2.05) is 50.2 Å². The van der Waals surface area contributed by atoms with Crippen molar-refractivity contribution in [1.82, 2.24) is 14.6 Å². The highest BCUT2D eigenvalue weighted by molar-refractivity contribution is 6.08. The van der Waals surface area contributed by atoms with E-state index in [9.17, 15) is 9.59 Å². The standard InChI is InChI=1S/C22H21N5O2/c1-13-4-8-16(9-5-13)22(29)25-19-20(24-17-10-6-14(2)7-11-17)26-27-18(28)12-15(3)23-21(19)27/h4-12,24,26H,1-3H3,(H,25,29). The van der Waals surface area contributed by atoms with Crippen LogP contribution in [0.1, 0.15) is 27.2 Å². The number of amides is 1. The Morgan fingerprint density at radius 1 is 0.966 bits per heavy atom. The molecule has 0 spiro atoms. The van der Waals surface area contributed by atoms with Crippen molar-refractivity contribution in [3.63, 3.8) is 0 Å². The third-order valence-corrected chi connectivity index (χ3v) is 4.62. The molecule has 2 aromatic carbocycles. The van der Waals surface area contributed by atoms with Gasteiger partial charge in [0.2, 0.25) is 0 Å². The Hall–Kier alpha value is -3.87. The fraction of sp³-hybridized carbons (Fsp3) is 0.136. The van der Waals surface area contributed by atoms with Gasteiger partial charge < -0.3 is 10.6 Å². The molecule has 1 amide bonds. The fourth-order valence-corrected chi connectivity index (χ4v) is 3.03. The van der Waals surface area contributed by atoms with E-state index < -0.39 is 0 Å². The van der Waals surface area contributed by atoms with E-state index in [0.717, 1.165) is 16.8 Å². The minimum atomic E-state index is -0.283. The van der Waals surface area contributed by atoms with Gasteiger partial charge in [-0.25, -0.2) is 4.98 Å². The molecule has 0 atom stereocenters. The van der Waals surface area contributed by atoms with Crippen molar-refractivity contribution in [2.45, 2.75) is 20.8 Å². The van der Waals surface area contributed by atoms with Gasteiger partial charge in [-0.1, -0.05) is 35.4 Å². The van der Waals surface area contributed by atoms with Crippen LogP contribution in [0.15, 0.2) is 59.4 Å². The van der Waals surface area contributed by atoms with Gasteiger partial charge in [-0.05, 0) is 45.0 Å². The largest absolute Gasteiger partial charge is 0.339 e. The summed E-state index contributed by atoms with van der Waals surface area (Å²) in [6.07, 6.45) is 0. The maximum Gasteiger partial charge on any atom is 0.273 e. The van der Waals surface area contributed by atoms with Gasteiger partial charge in [0.15, 0.2) is 11.5 Å². The molecule has 4 rings (SSSR count). The van der Waals surface area contributed by atoms with E-state index in [2.05, 4.69) is 20.7 Å². The molecule has 0 aliphatic heterocycles. The molecule has 0 aliphatic carbocycles. The second-order valence-electron chi connectivity index (χ2n) is 7.07. The number of fused-ring (bicyclic) bond motifs is 1. The molecule has 0 bridgehead atoms. The summed E-state index contributed by atoms with van der Waals surface area (Å²) in [6.45, 7) is 5.71. The van der Waals surface area contributed by atoms with Crippen LogP contribution < -0.4 is 16.2 Å². The van der Waals surface area contributed by atoms with E-state index in [0.29, 0.717) is 28.4 Å². The predicted octanol–water partition coefficient (Wildman–Crippen LogP) is 3.94. The third kappa shape index (κ3) is 3.75. The van der Waals surface area contributed by atoms with Crippen LogP contribution >= 0.6 is 0 Å². The number of anilines is 3. The Kier molecular flexibility index (Phi) is 4.64. The molecule has 2 aromatic heterocycles. The van der Waals surface area contributed by atoms with Crippen LogP contribution in [0.5, 0.6) is 0 Å². The lowest BCUT2D eigenvalue weighted by Crippen LogP contribution is -2.16. The van der Waals surface area contributed by atoms with Crippen LogP contribution in [0.25, 0.3) is 5.65 Å². The average molecular weight is 387 g/mol. The SMILES string of the molecule is Cc1ccc(Nc2[nH]n3c(=O)cc(C)nc3c2NC(=O)c2ccc(C)cc2)cc1. The first-order valence-electron chi connectivity index (χ1n) is 9.25. The Morgan fingerprint density at radius 2 is 1.59 bits per heavy atom. The zero-order valence-corrected chi connectivity index (χ0v) is 16.4. The summed E-state index contributed by atoms with van der Waals surface area (Å²) >= 11 is 0. The van der Waals surface area contributed by atoms with Crippen molar-refractivity contribution >= 4 is 28.7 Å². The summed E-state index contributed by atoms with van der Waals surface area (Å²) in [5.74, 6) is 0.193. The van der Waals surface area contributed by atoms with E-state index in [-0.39, 0.29) is 11.5 Å². The average Bonchev–Trinajstić information content (AvgIpc) is 3.02. The zero-order valence-electron chi connectivity index (χ0n) is 16.4. The molecule has 29 heavy (non-hydrogen) atoms. The van der Waals surface area contributed by atoms with E-state index >= 15 is 0 Å². The molecule has 2 heterocycles. The second kappa shape index (κ2) is 7.27. The Labute approximate surface area is 167 Å². The summed E-state index contributed by atoms with van der Waals surface area (Å²) < 4.78 is 1.31. The van der Waals surface area contributed by atoms with Gasteiger partial charge in [0.1, 0.15) is 5.69 Å². The summed E-state index contributed by atoms with van der Waals surface area (Å²) in [5, 5.41) is 9.14. The van der Waals surface area contributed by atoms with Gasteiger partial charge in [0.25, 0.3) is 11.5 Å². The van der Waals surface area contributed by atoms with Crippen molar-refractivity contribution in [3.8, 4) is 0 Å². The first-order chi connectivity index (χ1) is 13.9. The molecule has 0 radical (unpaired) electrons. The number of H-pyrrole nitrogens is 1. The summed E-state index contributed by atoms with van der Waals surface area (Å²) in [5.41, 5.74) is 4.62. The van der Waals surface area contributed by atoms with E-state index in [1.54, 1.807) is 19.1 Å². The molecule has 4 aromatic rings. The van der Waals surface area contributed by atoms with Crippen molar-refractivity contribution < 1.29 is 4.79 Å². The van der Waals surface area contributed by atoms with Crippen LogP contribution in [0, 0.1) is 20.8 Å². The number of nitrogens with zero attached hydrogens (tertiary/aromatic N) is 2. The first-order valence-corrected chi connectivity index (χ1v) is 9.25. The van der Waals surface area contributed by atoms with Crippen molar-refractivity contribution in [3.05, 3.63) is 87.3 Å². The molecule has 0 fully saturated rings. The Morgan fingerprint density at radius 3 is 2.24 bits per heavy atom. The molecule has 146 valence electrons. The smallest absolute Gasteiger partial charge is 0.273 e. The van der Waals surface area contributed by atoms with Gasteiger partial charge >= 0.3 is 0 Å². The number of aromatic nitrogens is 3. The molecule has 0 aliphatic rings. The van der Waals surface area contributed by atoms with E-state index in [1.165, 1.54) is 10.6 Å². The van der Waals surface area contributed by atoms with Crippen LogP contribution in [-0.4, -0.2) is 20.5 Å². The minimum absolute atomic E-state index is 0.254. The van der Waals surface area contributed by atoms with E-state index in [4.69, 9.17) is 0 Å². The van der Waals surface area contributed by atoms with Crippen molar-refractivity contribution in [2.75, 3.05) is 10.6 Å². The monoisotopic (exact) mass is 387 g/mol. The zero-order chi connectivity index (χ0) is 20.5. The summed E-state index contributed by atoms with van der Waals surface area (Å²) in [4.78, 5) is 29.7.